The van der Waals surface area contributed by atoms with Gasteiger partial charge in [-0.25, -0.2) is 0 Å². The molecule has 3 rings (SSSR count). The molecule has 1 heterocycles. The van der Waals surface area contributed by atoms with E-state index < -0.39 is 0 Å². The quantitative estimate of drug-likeness (QED) is 0.812. The number of rotatable bonds is 1. The molecule has 2 aromatic rings. The summed E-state index contributed by atoms with van der Waals surface area (Å²) < 4.78 is 0. The monoisotopic (exact) mass is 245 g/mol. The van der Waals surface area contributed by atoms with Crippen LogP contribution in [0.3, 0.4) is 0 Å². The van der Waals surface area contributed by atoms with E-state index in [4.69, 9.17) is 0 Å². The number of hydrogen-bond acceptors (Lipinski definition) is 1. The summed E-state index contributed by atoms with van der Waals surface area (Å²) >= 11 is 0. The van der Waals surface area contributed by atoms with Crippen molar-refractivity contribution < 1.29 is 0 Å². The van der Waals surface area contributed by atoms with Crippen LogP contribution in [0.5, 0.6) is 0 Å². The Balaban J connectivity index is 0.00000108. The van der Waals surface area contributed by atoms with Crippen LogP contribution >= 0.6 is 12.4 Å². The predicted octanol–water partition coefficient (Wildman–Crippen LogP) is 3.42. The van der Waals surface area contributed by atoms with Gasteiger partial charge in [-0.2, -0.15) is 0 Å². The van der Waals surface area contributed by atoms with Gasteiger partial charge in [-0.15, -0.1) is 12.4 Å². The maximum absolute atomic E-state index is 3.40. The first-order valence-corrected chi connectivity index (χ1v) is 5.81. The predicted molar refractivity (Wildman–Crippen MR) is 74.5 cm³/mol. The molecule has 0 radical (unpaired) electrons. The Hall–Kier alpha value is -1.31. The maximum Gasteiger partial charge on any atom is 0.0208 e. The fraction of sp³-hybridized carbons (Fsp3) is 0.200. The average molecular weight is 246 g/mol. The molecule has 0 aromatic heterocycles. The van der Waals surface area contributed by atoms with Crippen LogP contribution in [0.4, 0.5) is 0 Å². The van der Waals surface area contributed by atoms with Crippen molar-refractivity contribution >= 4 is 12.4 Å². The molecule has 2 heteroatoms. The van der Waals surface area contributed by atoms with Gasteiger partial charge in [0.15, 0.2) is 0 Å². The molecule has 1 aliphatic heterocycles. The van der Waals surface area contributed by atoms with Gasteiger partial charge in [0.2, 0.25) is 0 Å². The van der Waals surface area contributed by atoms with E-state index in [0.29, 0.717) is 0 Å². The molecule has 2 aromatic carbocycles. The van der Waals surface area contributed by atoms with Gasteiger partial charge in [-0.3, -0.25) is 0 Å². The van der Waals surface area contributed by atoms with E-state index in [1.807, 2.05) is 0 Å². The van der Waals surface area contributed by atoms with E-state index in [2.05, 4.69) is 53.8 Å². The number of halogens is 1. The number of nitrogens with one attached hydrogen (secondary N) is 1. The van der Waals surface area contributed by atoms with Crippen LogP contribution in [-0.4, -0.2) is 6.54 Å². The molecule has 0 saturated heterocycles. The first-order valence-electron chi connectivity index (χ1n) is 5.81. The molecule has 0 amide bonds. The summed E-state index contributed by atoms with van der Waals surface area (Å²) in [5.41, 5.74) is 5.59. The lowest BCUT2D eigenvalue weighted by atomic mass is 9.95. The Morgan fingerprint density at radius 3 is 2.47 bits per heavy atom. The van der Waals surface area contributed by atoms with Crippen LogP contribution in [0.25, 0.3) is 11.1 Å². The fourth-order valence-corrected chi connectivity index (χ4v) is 2.29. The molecular formula is C15H16ClN. The summed E-state index contributed by atoms with van der Waals surface area (Å²) in [6, 6.07) is 17.4. The molecule has 1 N–H and O–H groups in total. The first kappa shape index (κ1) is 12.2. The Bertz CT molecular complexity index is 494. The molecule has 0 atom stereocenters. The van der Waals surface area contributed by atoms with Gasteiger partial charge in [-0.1, -0.05) is 48.5 Å². The molecule has 88 valence electrons. The molecule has 1 aliphatic rings. The van der Waals surface area contributed by atoms with Crippen molar-refractivity contribution in [2.75, 3.05) is 6.54 Å². The van der Waals surface area contributed by atoms with Crippen molar-refractivity contribution in [3.8, 4) is 11.1 Å². The minimum atomic E-state index is 0. The zero-order valence-corrected chi connectivity index (χ0v) is 10.5. The van der Waals surface area contributed by atoms with E-state index in [1.54, 1.807) is 0 Å². The summed E-state index contributed by atoms with van der Waals surface area (Å²) in [7, 11) is 0. The van der Waals surface area contributed by atoms with Crippen LogP contribution in [-0.2, 0) is 13.0 Å². The first-order chi connectivity index (χ1) is 7.93. The highest BCUT2D eigenvalue weighted by atomic mass is 35.5. The normalized spacial score (nSPS) is 13.6. The second-order valence-corrected chi connectivity index (χ2v) is 4.28. The van der Waals surface area contributed by atoms with Crippen molar-refractivity contribution in [1.29, 1.82) is 0 Å². The van der Waals surface area contributed by atoms with Gasteiger partial charge < -0.3 is 5.32 Å². The number of hydrogen-bond donors (Lipinski definition) is 1. The number of benzene rings is 2. The third kappa shape index (κ3) is 2.51. The smallest absolute Gasteiger partial charge is 0.0208 e. The zero-order chi connectivity index (χ0) is 10.8. The highest BCUT2D eigenvalue weighted by molar-refractivity contribution is 5.85. The summed E-state index contributed by atoms with van der Waals surface area (Å²) in [4.78, 5) is 0. The second kappa shape index (κ2) is 5.35. The van der Waals surface area contributed by atoms with Gasteiger partial charge in [0.25, 0.3) is 0 Å². The molecule has 1 nitrogen and oxygen atoms in total. The molecule has 0 saturated carbocycles. The molecule has 0 unspecified atom stereocenters. The lowest BCUT2D eigenvalue weighted by Gasteiger charge is -2.17. The van der Waals surface area contributed by atoms with Crippen LogP contribution in [0.15, 0.2) is 48.5 Å². The largest absolute Gasteiger partial charge is 0.312 e. The molecule has 17 heavy (non-hydrogen) atoms. The molecule has 0 bridgehead atoms. The third-order valence-electron chi connectivity index (χ3n) is 3.20. The second-order valence-electron chi connectivity index (χ2n) is 4.28. The average Bonchev–Trinajstić information content (AvgIpc) is 2.39. The summed E-state index contributed by atoms with van der Waals surface area (Å²) in [5.74, 6) is 0. The minimum absolute atomic E-state index is 0. The third-order valence-corrected chi connectivity index (χ3v) is 3.20. The molecule has 0 spiro atoms. The van der Waals surface area contributed by atoms with Gasteiger partial charge in [-0.05, 0) is 35.2 Å². The Labute approximate surface area is 108 Å². The van der Waals surface area contributed by atoms with Gasteiger partial charge in [0, 0.05) is 6.54 Å². The summed E-state index contributed by atoms with van der Waals surface area (Å²) in [6.45, 7) is 2.12. The topological polar surface area (TPSA) is 12.0 Å². The van der Waals surface area contributed by atoms with Gasteiger partial charge in [0.1, 0.15) is 0 Å². The summed E-state index contributed by atoms with van der Waals surface area (Å²) in [6.07, 6.45) is 1.15. The zero-order valence-electron chi connectivity index (χ0n) is 9.65. The van der Waals surface area contributed by atoms with Crippen LogP contribution in [0, 0.1) is 0 Å². The number of fused-ring (bicyclic) bond motifs is 1. The van der Waals surface area contributed by atoms with E-state index >= 15 is 0 Å². The van der Waals surface area contributed by atoms with Crippen molar-refractivity contribution in [2.45, 2.75) is 13.0 Å². The highest BCUT2D eigenvalue weighted by Gasteiger charge is 2.09. The van der Waals surface area contributed by atoms with Crippen LogP contribution < -0.4 is 5.32 Å². The van der Waals surface area contributed by atoms with Crippen molar-refractivity contribution in [1.82, 2.24) is 5.32 Å². The Morgan fingerprint density at radius 2 is 1.65 bits per heavy atom. The Kier molecular flexibility index (Phi) is 3.82. The van der Waals surface area contributed by atoms with Crippen LogP contribution in [0.1, 0.15) is 11.1 Å². The molecule has 0 aliphatic carbocycles. The lowest BCUT2D eigenvalue weighted by molar-refractivity contribution is 0.644. The van der Waals surface area contributed by atoms with Crippen molar-refractivity contribution in [2.24, 2.45) is 0 Å². The molecular weight excluding hydrogens is 230 g/mol. The van der Waals surface area contributed by atoms with Crippen molar-refractivity contribution in [3.63, 3.8) is 0 Å². The van der Waals surface area contributed by atoms with Gasteiger partial charge in [0.05, 0.1) is 0 Å². The fourth-order valence-electron chi connectivity index (χ4n) is 2.29. The van der Waals surface area contributed by atoms with Gasteiger partial charge >= 0.3 is 0 Å². The maximum atomic E-state index is 3.40. The molecule has 0 fully saturated rings. The summed E-state index contributed by atoms with van der Waals surface area (Å²) in [5, 5.41) is 3.40. The minimum Gasteiger partial charge on any atom is -0.312 e. The van der Waals surface area contributed by atoms with Crippen LogP contribution in [0.2, 0.25) is 0 Å². The SMILES string of the molecule is Cl.c1ccc(-c2ccc3c(c2)CCNC3)cc1. The standard InChI is InChI=1S/C15H15N.ClH/c1-2-4-12(5-3-1)13-6-7-15-11-16-9-8-14(15)10-13;/h1-7,10,16H,8-9,11H2;1H. The van der Waals surface area contributed by atoms with E-state index in [0.717, 1.165) is 19.5 Å². The Morgan fingerprint density at radius 1 is 0.824 bits per heavy atom. The van der Waals surface area contributed by atoms with E-state index in [-0.39, 0.29) is 12.4 Å². The highest BCUT2D eigenvalue weighted by Crippen LogP contribution is 2.23. The van der Waals surface area contributed by atoms with E-state index in [1.165, 1.54) is 22.3 Å². The lowest BCUT2D eigenvalue weighted by Crippen LogP contribution is -2.23. The van der Waals surface area contributed by atoms with Crippen molar-refractivity contribution in [3.05, 3.63) is 59.7 Å². The van der Waals surface area contributed by atoms with E-state index in [9.17, 15) is 0 Å².